The van der Waals surface area contributed by atoms with Crippen LogP contribution >= 0.6 is 11.3 Å². The molecule has 1 aromatic carbocycles. The first-order valence-corrected chi connectivity index (χ1v) is 10.6. The smallest absolute Gasteiger partial charge is 0.233 e. The molecule has 3 aliphatic rings. The number of hydrogen-bond acceptors (Lipinski definition) is 6. The SMILES string of the molecule is COc1ccc2nc(NC(=O)CCCN3C(=O)[C@H]4[C@H](C3=O)[C@H]3C=C[C@H]4C3)sc2c1. The molecule has 150 valence electrons. The molecule has 0 unspecified atom stereocenters. The second kappa shape index (κ2) is 6.95. The zero-order chi connectivity index (χ0) is 20.1. The van der Waals surface area contributed by atoms with Crippen LogP contribution in [0.1, 0.15) is 19.3 Å². The molecule has 0 spiro atoms. The third kappa shape index (κ3) is 3.02. The van der Waals surface area contributed by atoms with Gasteiger partial charge in [-0.05, 0) is 42.9 Å². The van der Waals surface area contributed by atoms with Crippen molar-refractivity contribution < 1.29 is 19.1 Å². The minimum atomic E-state index is -0.175. The van der Waals surface area contributed by atoms with E-state index in [-0.39, 0.29) is 47.8 Å². The molecule has 1 aliphatic heterocycles. The first-order chi connectivity index (χ1) is 14.0. The molecule has 1 aromatic heterocycles. The summed E-state index contributed by atoms with van der Waals surface area (Å²) in [5, 5.41) is 3.34. The van der Waals surface area contributed by atoms with E-state index in [1.807, 2.05) is 18.2 Å². The Bertz CT molecular complexity index is 1020. The number of thiazole rings is 1. The predicted octanol–water partition coefficient (Wildman–Crippen LogP) is 2.83. The number of hydrogen-bond donors (Lipinski definition) is 1. The molecule has 0 radical (unpaired) electrons. The normalized spacial score (nSPS) is 27.1. The van der Waals surface area contributed by atoms with E-state index in [1.165, 1.54) is 16.2 Å². The highest BCUT2D eigenvalue weighted by atomic mass is 32.1. The number of carbonyl (C=O) groups is 3. The van der Waals surface area contributed by atoms with E-state index in [4.69, 9.17) is 4.74 Å². The van der Waals surface area contributed by atoms with Gasteiger partial charge in [0.1, 0.15) is 5.75 Å². The highest BCUT2D eigenvalue weighted by Gasteiger charge is 2.58. The number of fused-ring (bicyclic) bond motifs is 6. The van der Waals surface area contributed by atoms with Gasteiger partial charge in [0.15, 0.2) is 5.13 Å². The summed E-state index contributed by atoms with van der Waals surface area (Å²) in [6, 6.07) is 5.56. The standard InChI is InChI=1S/C21H21N3O4S/c1-28-13-6-7-14-15(10-13)29-21(22-14)23-16(25)3-2-8-24-19(26)17-11-4-5-12(9-11)18(17)20(24)27/h4-7,10-12,17-18H,2-3,8-9H2,1H3,(H,22,23,25)/t11-,12-,17+,18+/m0/s1. The van der Waals surface area contributed by atoms with Crippen molar-refractivity contribution in [2.75, 3.05) is 19.0 Å². The second-order valence-corrected chi connectivity index (χ2v) is 8.86. The van der Waals surface area contributed by atoms with E-state index in [9.17, 15) is 14.4 Å². The van der Waals surface area contributed by atoms with Gasteiger partial charge in [-0.15, -0.1) is 0 Å². The van der Waals surface area contributed by atoms with Crippen LogP contribution < -0.4 is 10.1 Å². The van der Waals surface area contributed by atoms with Crippen molar-refractivity contribution in [1.29, 1.82) is 0 Å². The number of rotatable bonds is 6. The van der Waals surface area contributed by atoms with Crippen molar-refractivity contribution in [3.8, 4) is 5.75 Å². The third-order valence-electron chi connectivity index (χ3n) is 6.19. The van der Waals surface area contributed by atoms with Gasteiger partial charge in [-0.1, -0.05) is 23.5 Å². The summed E-state index contributed by atoms with van der Waals surface area (Å²) in [7, 11) is 1.61. The van der Waals surface area contributed by atoms with Crippen molar-refractivity contribution in [2.45, 2.75) is 19.3 Å². The Kier molecular flexibility index (Phi) is 4.38. The number of anilines is 1. The Balaban J connectivity index is 1.16. The van der Waals surface area contributed by atoms with E-state index < -0.39 is 0 Å². The molecular formula is C21H21N3O4S. The summed E-state index contributed by atoms with van der Waals surface area (Å²) in [5.74, 6) is 0.538. The summed E-state index contributed by atoms with van der Waals surface area (Å²) in [6.45, 7) is 0.300. The number of nitrogens with one attached hydrogen (secondary N) is 1. The number of nitrogens with zero attached hydrogens (tertiary/aromatic N) is 2. The number of benzene rings is 1. The molecule has 4 atom stereocenters. The number of ether oxygens (including phenoxy) is 1. The summed E-state index contributed by atoms with van der Waals surface area (Å²) in [5.41, 5.74) is 0.800. The lowest BCUT2D eigenvalue weighted by atomic mass is 9.85. The Morgan fingerprint density at radius 3 is 2.66 bits per heavy atom. The lowest BCUT2D eigenvalue weighted by molar-refractivity contribution is -0.141. The average Bonchev–Trinajstić information content (AvgIpc) is 3.46. The monoisotopic (exact) mass is 411 g/mol. The maximum atomic E-state index is 12.7. The van der Waals surface area contributed by atoms with Crippen molar-refractivity contribution >= 4 is 44.4 Å². The van der Waals surface area contributed by atoms with Crippen LogP contribution in [-0.2, 0) is 14.4 Å². The van der Waals surface area contributed by atoms with Gasteiger partial charge in [-0.25, -0.2) is 4.98 Å². The molecule has 2 bridgehead atoms. The third-order valence-corrected chi connectivity index (χ3v) is 7.12. The van der Waals surface area contributed by atoms with Gasteiger partial charge in [-0.2, -0.15) is 0 Å². The highest BCUT2D eigenvalue weighted by molar-refractivity contribution is 7.22. The Morgan fingerprint density at radius 1 is 1.24 bits per heavy atom. The Morgan fingerprint density at radius 2 is 1.97 bits per heavy atom. The number of aromatic nitrogens is 1. The van der Waals surface area contributed by atoms with E-state index in [1.54, 1.807) is 7.11 Å². The zero-order valence-corrected chi connectivity index (χ0v) is 16.8. The molecule has 2 aliphatic carbocycles. The summed E-state index contributed by atoms with van der Waals surface area (Å²) >= 11 is 1.38. The summed E-state index contributed by atoms with van der Waals surface area (Å²) in [6.07, 6.45) is 5.78. The van der Waals surface area contributed by atoms with Crippen LogP contribution in [-0.4, -0.2) is 41.3 Å². The van der Waals surface area contributed by atoms with Crippen molar-refractivity contribution in [3.05, 3.63) is 30.4 Å². The molecular weight excluding hydrogens is 390 g/mol. The first-order valence-electron chi connectivity index (χ1n) is 9.83. The Labute approximate surface area is 171 Å². The fourth-order valence-corrected chi connectivity index (χ4v) is 5.76. The molecule has 8 heteroatoms. The summed E-state index contributed by atoms with van der Waals surface area (Å²) < 4.78 is 6.14. The second-order valence-electron chi connectivity index (χ2n) is 7.83. The van der Waals surface area contributed by atoms with Gasteiger partial charge in [0.25, 0.3) is 0 Å². The lowest BCUT2D eigenvalue weighted by Gasteiger charge is -2.16. The molecule has 7 nitrogen and oxygen atoms in total. The fraction of sp³-hybridized carbons (Fsp3) is 0.429. The van der Waals surface area contributed by atoms with Gasteiger partial charge in [0, 0.05) is 13.0 Å². The Hall–Kier alpha value is -2.74. The topological polar surface area (TPSA) is 88.6 Å². The van der Waals surface area contributed by atoms with Crippen LogP contribution in [0.25, 0.3) is 10.2 Å². The molecule has 29 heavy (non-hydrogen) atoms. The molecule has 2 heterocycles. The predicted molar refractivity (Wildman–Crippen MR) is 108 cm³/mol. The van der Waals surface area contributed by atoms with Crippen LogP contribution in [0, 0.1) is 23.7 Å². The van der Waals surface area contributed by atoms with Gasteiger partial charge in [0.05, 0.1) is 29.2 Å². The van der Waals surface area contributed by atoms with Crippen molar-refractivity contribution in [3.63, 3.8) is 0 Å². The van der Waals surface area contributed by atoms with Crippen LogP contribution in [0.2, 0.25) is 0 Å². The maximum Gasteiger partial charge on any atom is 0.233 e. The molecule has 1 N–H and O–H groups in total. The minimum absolute atomic E-state index is 0.0580. The van der Waals surface area contributed by atoms with Gasteiger partial charge < -0.3 is 10.1 Å². The van der Waals surface area contributed by atoms with Crippen molar-refractivity contribution in [2.24, 2.45) is 23.7 Å². The quantitative estimate of drug-likeness (QED) is 0.583. The fourth-order valence-electron chi connectivity index (χ4n) is 4.85. The number of imide groups is 1. The number of allylic oxidation sites excluding steroid dienone is 2. The van der Waals surface area contributed by atoms with Crippen LogP contribution in [0.4, 0.5) is 5.13 Å². The number of amides is 3. The number of carbonyl (C=O) groups excluding carboxylic acids is 3. The lowest BCUT2D eigenvalue weighted by Crippen LogP contribution is -2.34. The van der Waals surface area contributed by atoms with Crippen molar-refractivity contribution in [1.82, 2.24) is 9.88 Å². The molecule has 2 fully saturated rings. The molecule has 2 aromatic rings. The number of likely N-dealkylation sites (tertiary alicyclic amines) is 1. The summed E-state index contributed by atoms with van der Waals surface area (Å²) in [4.78, 5) is 43.4. The largest absolute Gasteiger partial charge is 0.497 e. The minimum Gasteiger partial charge on any atom is -0.497 e. The van der Waals surface area contributed by atoms with Gasteiger partial charge in [-0.3, -0.25) is 19.3 Å². The highest BCUT2D eigenvalue weighted by Crippen LogP contribution is 2.52. The molecule has 1 saturated heterocycles. The van der Waals surface area contributed by atoms with Gasteiger partial charge in [0.2, 0.25) is 17.7 Å². The van der Waals surface area contributed by atoms with E-state index in [0.29, 0.717) is 18.1 Å². The molecule has 1 saturated carbocycles. The van der Waals surface area contributed by atoms with E-state index in [2.05, 4.69) is 22.5 Å². The molecule has 5 rings (SSSR count). The van der Waals surface area contributed by atoms with Gasteiger partial charge >= 0.3 is 0 Å². The van der Waals surface area contributed by atoms with E-state index in [0.717, 1.165) is 22.4 Å². The van der Waals surface area contributed by atoms with Crippen LogP contribution in [0.3, 0.4) is 0 Å². The number of methoxy groups -OCH3 is 1. The zero-order valence-electron chi connectivity index (χ0n) is 16.0. The maximum absolute atomic E-state index is 12.7. The first kappa shape index (κ1) is 18.3. The molecule has 3 amide bonds. The van der Waals surface area contributed by atoms with E-state index >= 15 is 0 Å². The van der Waals surface area contributed by atoms with Crippen LogP contribution in [0.5, 0.6) is 5.75 Å². The van der Waals surface area contributed by atoms with Crippen LogP contribution in [0.15, 0.2) is 30.4 Å². The average molecular weight is 411 g/mol.